The SMILES string of the molecule is Cc1ccc(-c2ccccc2C(C)C)cc1-c1ccccc1. The third-order valence-electron chi connectivity index (χ3n) is 4.22. The van der Waals surface area contributed by atoms with Crippen LogP contribution in [0.4, 0.5) is 0 Å². The van der Waals surface area contributed by atoms with Crippen LogP contribution >= 0.6 is 0 Å². The van der Waals surface area contributed by atoms with Crippen molar-refractivity contribution in [3.63, 3.8) is 0 Å². The molecule has 0 aliphatic heterocycles. The summed E-state index contributed by atoms with van der Waals surface area (Å²) in [6.07, 6.45) is 0. The minimum atomic E-state index is 0.526. The van der Waals surface area contributed by atoms with Gasteiger partial charge in [0.15, 0.2) is 0 Å². The third-order valence-corrected chi connectivity index (χ3v) is 4.22. The minimum Gasteiger partial charge on any atom is -0.0622 e. The molecule has 0 aliphatic carbocycles. The van der Waals surface area contributed by atoms with Crippen molar-refractivity contribution in [2.24, 2.45) is 0 Å². The number of benzene rings is 3. The van der Waals surface area contributed by atoms with Gasteiger partial charge < -0.3 is 0 Å². The van der Waals surface area contributed by atoms with Gasteiger partial charge in [-0.2, -0.15) is 0 Å². The maximum atomic E-state index is 2.33. The summed E-state index contributed by atoms with van der Waals surface area (Å²) in [6.45, 7) is 6.69. The number of rotatable bonds is 3. The molecule has 0 aliphatic rings. The fourth-order valence-electron chi connectivity index (χ4n) is 2.98. The predicted octanol–water partition coefficient (Wildman–Crippen LogP) is 6.45. The molecular formula is C22H22. The van der Waals surface area contributed by atoms with Gasteiger partial charge in [0.1, 0.15) is 0 Å². The Balaban J connectivity index is 2.15. The average Bonchev–Trinajstić information content (AvgIpc) is 2.56. The molecule has 3 rings (SSSR count). The Morgan fingerprint density at radius 3 is 2.05 bits per heavy atom. The summed E-state index contributed by atoms with van der Waals surface area (Å²) in [7, 11) is 0. The monoisotopic (exact) mass is 286 g/mol. The molecule has 0 amide bonds. The minimum absolute atomic E-state index is 0.526. The van der Waals surface area contributed by atoms with E-state index in [0.29, 0.717) is 5.92 Å². The number of hydrogen-bond acceptors (Lipinski definition) is 0. The molecule has 0 radical (unpaired) electrons. The standard InChI is InChI=1S/C22H22/c1-16(2)20-11-7-8-12-21(20)19-14-13-17(3)22(15-19)18-9-5-4-6-10-18/h4-16H,1-3H3. The van der Waals surface area contributed by atoms with Gasteiger partial charge in [-0.3, -0.25) is 0 Å². The van der Waals surface area contributed by atoms with E-state index in [1.807, 2.05) is 0 Å². The molecule has 0 spiro atoms. The van der Waals surface area contributed by atoms with Crippen LogP contribution in [0.1, 0.15) is 30.9 Å². The lowest BCUT2D eigenvalue weighted by Crippen LogP contribution is -1.93. The molecule has 0 fully saturated rings. The lowest BCUT2D eigenvalue weighted by atomic mass is 9.90. The second-order valence-corrected chi connectivity index (χ2v) is 6.14. The van der Waals surface area contributed by atoms with Crippen molar-refractivity contribution in [2.75, 3.05) is 0 Å². The topological polar surface area (TPSA) is 0 Å². The number of aryl methyl sites for hydroxylation is 1. The Kier molecular flexibility index (Phi) is 4.11. The van der Waals surface area contributed by atoms with Crippen LogP contribution in [0.25, 0.3) is 22.3 Å². The molecule has 0 saturated carbocycles. The normalized spacial score (nSPS) is 10.9. The molecule has 0 aromatic heterocycles. The van der Waals surface area contributed by atoms with E-state index in [1.54, 1.807) is 0 Å². The molecule has 0 saturated heterocycles. The van der Waals surface area contributed by atoms with E-state index in [9.17, 15) is 0 Å². The zero-order chi connectivity index (χ0) is 15.5. The lowest BCUT2D eigenvalue weighted by Gasteiger charge is -2.15. The van der Waals surface area contributed by atoms with E-state index in [0.717, 1.165) is 0 Å². The van der Waals surface area contributed by atoms with Gasteiger partial charge >= 0.3 is 0 Å². The van der Waals surface area contributed by atoms with Crippen LogP contribution in [0.15, 0.2) is 72.8 Å². The largest absolute Gasteiger partial charge is 0.0622 e. The maximum Gasteiger partial charge on any atom is -0.0149 e. The summed E-state index contributed by atoms with van der Waals surface area (Å²) >= 11 is 0. The van der Waals surface area contributed by atoms with Crippen LogP contribution in [0.5, 0.6) is 0 Å². The van der Waals surface area contributed by atoms with Gasteiger partial charge in [0.25, 0.3) is 0 Å². The van der Waals surface area contributed by atoms with Crippen molar-refractivity contribution in [3.05, 3.63) is 83.9 Å². The summed E-state index contributed by atoms with van der Waals surface area (Å²) in [5.74, 6) is 0.526. The van der Waals surface area contributed by atoms with Gasteiger partial charge in [0.05, 0.1) is 0 Å². The summed E-state index contributed by atoms with van der Waals surface area (Å²) in [6, 6.07) is 26.2. The van der Waals surface area contributed by atoms with Crippen molar-refractivity contribution in [1.82, 2.24) is 0 Å². The first-order valence-corrected chi connectivity index (χ1v) is 7.92. The van der Waals surface area contributed by atoms with Gasteiger partial charge in [-0.25, -0.2) is 0 Å². The summed E-state index contributed by atoms with van der Waals surface area (Å²) in [5.41, 5.74) is 7.96. The molecule has 110 valence electrons. The van der Waals surface area contributed by atoms with Crippen molar-refractivity contribution in [3.8, 4) is 22.3 Å². The van der Waals surface area contributed by atoms with Gasteiger partial charge in [0.2, 0.25) is 0 Å². The molecule has 0 unspecified atom stereocenters. The highest BCUT2D eigenvalue weighted by atomic mass is 14.1. The number of hydrogen-bond donors (Lipinski definition) is 0. The summed E-state index contributed by atoms with van der Waals surface area (Å²) < 4.78 is 0. The van der Waals surface area contributed by atoms with E-state index < -0.39 is 0 Å². The van der Waals surface area contributed by atoms with E-state index in [4.69, 9.17) is 0 Å². The maximum absolute atomic E-state index is 2.33. The Morgan fingerprint density at radius 1 is 0.636 bits per heavy atom. The fraction of sp³-hybridized carbons (Fsp3) is 0.182. The van der Waals surface area contributed by atoms with Gasteiger partial charge in [-0.05, 0) is 52.3 Å². The van der Waals surface area contributed by atoms with Crippen molar-refractivity contribution >= 4 is 0 Å². The van der Waals surface area contributed by atoms with Gasteiger partial charge in [-0.15, -0.1) is 0 Å². The Hall–Kier alpha value is -2.34. The highest BCUT2D eigenvalue weighted by Gasteiger charge is 2.10. The van der Waals surface area contributed by atoms with E-state index >= 15 is 0 Å². The first-order valence-electron chi connectivity index (χ1n) is 7.92. The molecular weight excluding hydrogens is 264 g/mol. The Morgan fingerprint density at radius 2 is 1.32 bits per heavy atom. The van der Waals surface area contributed by atoms with Crippen LogP contribution in [0, 0.1) is 6.92 Å². The zero-order valence-electron chi connectivity index (χ0n) is 13.5. The molecule has 0 atom stereocenters. The molecule has 0 heterocycles. The quantitative estimate of drug-likeness (QED) is 0.519. The second-order valence-electron chi connectivity index (χ2n) is 6.14. The van der Waals surface area contributed by atoms with Crippen molar-refractivity contribution < 1.29 is 0 Å². The third kappa shape index (κ3) is 2.82. The highest BCUT2D eigenvalue weighted by molar-refractivity contribution is 5.77. The van der Waals surface area contributed by atoms with E-state index in [1.165, 1.54) is 33.4 Å². The van der Waals surface area contributed by atoms with Gasteiger partial charge in [-0.1, -0.05) is 80.6 Å². The first-order chi connectivity index (χ1) is 10.7. The molecule has 0 bridgehead atoms. The van der Waals surface area contributed by atoms with E-state index in [2.05, 4.69) is 93.6 Å². The lowest BCUT2D eigenvalue weighted by molar-refractivity contribution is 0.869. The first kappa shape index (κ1) is 14.6. The van der Waals surface area contributed by atoms with E-state index in [-0.39, 0.29) is 0 Å². The van der Waals surface area contributed by atoms with Crippen molar-refractivity contribution in [1.29, 1.82) is 0 Å². The van der Waals surface area contributed by atoms with Crippen LogP contribution < -0.4 is 0 Å². The smallest absolute Gasteiger partial charge is 0.0149 e. The van der Waals surface area contributed by atoms with Crippen molar-refractivity contribution in [2.45, 2.75) is 26.7 Å². The predicted molar refractivity (Wildman–Crippen MR) is 96.1 cm³/mol. The van der Waals surface area contributed by atoms with Gasteiger partial charge in [0, 0.05) is 0 Å². The van der Waals surface area contributed by atoms with Crippen LogP contribution in [-0.2, 0) is 0 Å². The van der Waals surface area contributed by atoms with Crippen LogP contribution in [-0.4, -0.2) is 0 Å². The van der Waals surface area contributed by atoms with Crippen LogP contribution in [0.2, 0.25) is 0 Å². The fourth-order valence-corrected chi connectivity index (χ4v) is 2.98. The summed E-state index contributed by atoms with van der Waals surface area (Å²) in [5, 5.41) is 0. The molecule has 3 aromatic carbocycles. The summed E-state index contributed by atoms with van der Waals surface area (Å²) in [4.78, 5) is 0. The Labute approximate surface area is 133 Å². The molecule has 0 nitrogen and oxygen atoms in total. The molecule has 0 heteroatoms. The highest BCUT2D eigenvalue weighted by Crippen LogP contribution is 2.33. The average molecular weight is 286 g/mol. The molecule has 3 aromatic rings. The second kappa shape index (κ2) is 6.19. The molecule has 22 heavy (non-hydrogen) atoms. The molecule has 0 N–H and O–H groups in total. The Bertz CT molecular complexity index is 767. The van der Waals surface area contributed by atoms with Crippen LogP contribution in [0.3, 0.4) is 0 Å². The zero-order valence-corrected chi connectivity index (χ0v) is 13.5.